The molecule has 2 aromatic carbocycles. The van der Waals surface area contributed by atoms with Gasteiger partial charge in [-0.2, -0.15) is 0 Å². The zero-order chi connectivity index (χ0) is 28.4. The molecule has 0 radical (unpaired) electrons. The van der Waals surface area contributed by atoms with Crippen LogP contribution in [-0.4, -0.2) is 65.9 Å². The second-order valence-electron chi connectivity index (χ2n) is 9.98. The summed E-state index contributed by atoms with van der Waals surface area (Å²) in [7, 11) is -1.91. The van der Waals surface area contributed by atoms with Crippen molar-refractivity contribution >= 4 is 61.7 Å². The number of aryl methyl sites for hydroxylation is 1. The van der Waals surface area contributed by atoms with E-state index in [9.17, 15) is 13.2 Å². The van der Waals surface area contributed by atoms with Gasteiger partial charge in [-0.1, -0.05) is 40.9 Å². The summed E-state index contributed by atoms with van der Waals surface area (Å²) in [6.45, 7) is 3.20. The van der Waals surface area contributed by atoms with Crippen molar-refractivity contribution in [2.45, 2.75) is 37.1 Å². The summed E-state index contributed by atoms with van der Waals surface area (Å²) in [6.07, 6.45) is 5.61. The van der Waals surface area contributed by atoms with Crippen molar-refractivity contribution in [3.05, 3.63) is 76.7 Å². The van der Waals surface area contributed by atoms with Crippen LogP contribution in [0.15, 0.2) is 66.0 Å². The lowest BCUT2D eigenvalue weighted by Crippen LogP contribution is -2.45. The van der Waals surface area contributed by atoms with E-state index < -0.39 is 10.0 Å². The number of nitrogens with one attached hydrogen (secondary N) is 1. The highest BCUT2D eigenvalue weighted by atomic mass is 35.5. The maximum absolute atomic E-state index is 13.4. The molecule has 40 heavy (non-hydrogen) atoms. The Balaban J connectivity index is 1.35. The third kappa shape index (κ3) is 5.89. The van der Waals surface area contributed by atoms with Crippen LogP contribution in [0.1, 0.15) is 24.8 Å². The second-order valence-corrected chi connectivity index (χ2v) is 12.7. The minimum Gasteiger partial charge on any atom is -0.376 e. The van der Waals surface area contributed by atoms with Crippen LogP contribution < -0.4 is 10.2 Å². The fourth-order valence-electron chi connectivity index (χ4n) is 4.99. The zero-order valence-electron chi connectivity index (χ0n) is 22.2. The van der Waals surface area contributed by atoms with Gasteiger partial charge < -0.3 is 15.1 Å². The van der Waals surface area contributed by atoms with Crippen LogP contribution in [0, 0.1) is 6.92 Å². The van der Waals surface area contributed by atoms with Crippen LogP contribution in [0.2, 0.25) is 10.0 Å². The average molecular weight is 602 g/mol. The maximum Gasteiger partial charge on any atom is 0.269 e. The summed E-state index contributed by atoms with van der Waals surface area (Å²) in [5.41, 5.74) is 1.97. The van der Waals surface area contributed by atoms with E-state index in [2.05, 4.69) is 15.3 Å². The minimum atomic E-state index is -3.84. The number of anilines is 2. The fourth-order valence-corrected chi connectivity index (χ4v) is 6.82. The van der Waals surface area contributed by atoms with Crippen molar-refractivity contribution in [3.63, 3.8) is 0 Å². The van der Waals surface area contributed by atoms with Gasteiger partial charge in [0.2, 0.25) is 5.91 Å². The van der Waals surface area contributed by atoms with Crippen LogP contribution in [0.25, 0.3) is 11.0 Å². The average Bonchev–Trinajstić information content (AvgIpc) is 3.22. The van der Waals surface area contributed by atoms with Crippen molar-refractivity contribution < 1.29 is 13.2 Å². The Morgan fingerprint density at radius 2 is 1.80 bits per heavy atom. The number of hydrogen-bond donors (Lipinski definition) is 1. The predicted octanol–water partition coefficient (Wildman–Crippen LogP) is 5.21. The lowest BCUT2D eigenvalue weighted by molar-refractivity contribution is -0.129. The van der Waals surface area contributed by atoms with E-state index in [1.165, 1.54) is 16.5 Å². The number of likely N-dealkylation sites (N-methyl/N-ethyl adjacent to an activating group) is 1. The van der Waals surface area contributed by atoms with Crippen molar-refractivity contribution in [1.82, 2.24) is 18.8 Å². The highest BCUT2D eigenvalue weighted by Gasteiger charge is 2.28. The van der Waals surface area contributed by atoms with E-state index in [0.717, 1.165) is 24.8 Å². The molecule has 3 heterocycles. The molecule has 1 atom stereocenters. The molecule has 1 unspecified atom stereocenters. The molecule has 2 aromatic heterocycles. The summed E-state index contributed by atoms with van der Waals surface area (Å²) in [6, 6.07) is 13.5. The number of halogens is 2. The molecule has 0 aliphatic carbocycles. The predicted molar refractivity (Wildman–Crippen MR) is 159 cm³/mol. The van der Waals surface area contributed by atoms with E-state index in [-0.39, 0.29) is 23.4 Å². The topological polar surface area (TPSA) is 100 Å². The number of carbonyl (C=O) groups is 1. The van der Waals surface area contributed by atoms with Crippen LogP contribution in [0.3, 0.4) is 0 Å². The number of amides is 1. The molecule has 1 amide bonds. The molecular formula is C28H30Cl2N6O3S. The lowest BCUT2D eigenvalue weighted by atomic mass is 10.1. The molecule has 5 rings (SSSR count). The first-order valence-electron chi connectivity index (χ1n) is 13.0. The Morgan fingerprint density at radius 3 is 2.52 bits per heavy atom. The van der Waals surface area contributed by atoms with Gasteiger partial charge in [-0.05, 0) is 62.6 Å². The van der Waals surface area contributed by atoms with Crippen LogP contribution in [0.5, 0.6) is 0 Å². The van der Waals surface area contributed by atoms with Crippen LogP contribution in [0.4, 0.5) is 11.5 Å². The molecule has 210 valence electrons. The number of benzene rings is 2. The Labute approximate surface area is 243 Å². The largest absolute Gasteiger partial charge is 0.376 e. The van der Waals surface area contributed by atoms with Gasteiger partial charge in [-0.25, -0.2) is 22.4 Å². The second kappa shape index (κ2) is 11.6. The molecule has 1 saturated heterocycles. The minimum absolute atomic E-state index is 0.0118. The van der Waals surface area contributed by atoms with Gasteiger partial charge in [0, 0.05) is 48.1 Å². The highest BCUT2D eigenvalue weighted by molar-refractivity contribution is 7.90. The van der Waals surface area contributed by atoms with Gasteiger partial charge >= 0.3 is 0 Å². The van der Waals surface area contributed by atoms with Crippen molar-refractivity contribution in [2.75, 3.05) is 36.9 Å². The first-order valence-corrected chi connectivity index (χ1v) is 15.2. The van der Waals surface area contributed by atoms with Crippen LogP contribution >= 0.6 is 23.2 Å². The maximum atomic E-state index is 13.4. The fraction of sp³-hybridized carbons (Fsp3) is 0.321. The number of aromatic nitrogens is 3. The molecule has 0 bridgehead atoms. The van der Waals surface area contributed by atoms with Gasteiger partial charge in [-0.15, -0.1) is 0 Å². The van der Waals surface area contributed by atoms with Crippen molar-refractivity contribution in [1.29, 1.82) is 0 Å². The molecular weight excluding hydrogens is 571 g/mol. The molecule has 1 aliphatic rings. The number of hydrogen-bond acceptors (Lipinski definition) is 7. The first-order chi connectivity index (χ1) is 19.1. The summed E-state index contributed by atoms with van der Waals surface area (Å²) in [4.78, 5) is 26.1. The molecule has 9 nitrogen and oxygen atoms in total. The number of carbonyl (C=O) groups excluding carboxylic acids is 1. The van der Waals surface area contributed by atoms with E-state index in [0.29, 0.717) is 45.7 Å². The van der Waals surface area contributed by atoms with Crippen LogP contribution in [-0.2, 0) is 14.8 Å². The summed E-state index contributed by atoms with van der Waals surface area (Å²) in [5.74, 6) is 0.591. The van der Waals surface area contributed by atoms with Gasteiger partial charge in [0.1, 0.15) is 12.1 Å². The van der Waals surface area contributed by atoms with E-state index in [1.54, 1.807) is 48.5 Å². The number of nitrogens with zero attached hydrogens (tertiary/aromatic N) is 5. The molecule has 12 heteroatoms. The zero-order valence-corrected chi connectivity index (χ0v) is 24.5. The number of rotatable bonds is 7. The number of likely N-dealkylation sites (tertiary alicyclic amines) is 1. The Bertz CT molecular complexity index is 1620. The third-order valence-corrected chi connectivity index (χ3v) is 9.31. The summed E-state index contributed by atoms with van der Waals surface area (Å²) in [5, 5.41) is 4.74. The Kier molecular flexibility index (Phi) is 8.21. The first kappa shape index (κ1) is 28.2. The van der Waals surface area contributed by atoms with Gasteiger partial charge in [-0.3, -0.25) is 4.79 Å². The molecule has 1 aliphatic heterocycles. The van der Waals surface area contributed by atoms with E-state index in [4.69, 9.17) is 23.2 Å². The smallest absolute Gasteiger partial charge is 0.269 e. The molecule has 4 aromatic rings. The van der Waals surface area contributed by atoms with Gasteiger partial charge in [0.05, 0.1) is 16.8 Å². The van der Waals surface area contributed by atoms with Crippen molar-refractivity contribution in [3.8, 4) is 0 Å². The highest BCUT2D eigenvalue weighted by Crippen LogP contribution is 2.29. The van der Waals surface area contributed by atoms with Gasteiger partial charge in [0.25, 0.3) is 10.0 Å². The Hall–Kier alpha value is -3.34. The summed E-state index contributed by atoms with van der Waals surface area (Å²) >= 11 is 12.2. The lowest BCUT2D eigenvalue weighted by Gasteiger charge is -2.32. The SMILES string of the molecule is Cc1ccc(S(=O)(=O)n2ccc3c(N(C)C4CCCCN(C(=O)CNc5cc(Cl)cc(Cl)c5)C4)ncnc32)cc1. The van der Waals surface area contributed by atoms with Gasteiger partial charge in [0.15, 0.2) is 5.65 Å². The molecule has 0 spiro atoms. The van der Waals surface area contributed by atoms with E-state index in [1.807, 2.05) is 23.8 Å². The standard InChI is InChI=1S/C28H30Cl2N6O3S/c1-19-6-8-24(9-7-19)40(38,39)36-12-10-25-27(32-18-33-28(25)36)34(2)23-5-3-4-11-35(17-23)26(37)16-31-22-14-20(29)13-21(30)15-22/h6-10,12-15,18,23,31H,3-5,11,16-17H2,1-2H3. The van der Waals surface area contributed by atoms with E-state index >= 15 is 0 Å². The molecule has 0 saturated carbocycles. The quantitative estimate of drug-likeness (QED) is 0.310. The Morgan fingerprint density at radius 1 is 1.07 bits per heavy atom. The third-order valence-electron chi connectivity index (χ3n) is 7.19. The summed E-state index contributed by atoms with van der Waals surface area (Å²) < 4.78 is 28.0. The van der Waals surface area contributed by atoms with Crippen molar-refractivity contribution in [2.24, 2.45) is 0 Å². The normalized spacial score (nSPS) is 16.1. The number of fused-ring (bicyclic) bond motifs is 1. The molecule has 1 fully saturated rings. The monoisotopic (exact) mass is 600 g/mol. The molecule has 1 N–H and O–H groups in total.